The van der Waals surface area contributed by atoms with Crippen LogP contribution in [0, 0.1) is 6.92 Å². The Bertz CT molecular complexity index is 1810. The van der Waals surface area contributed by atoms with E-state index in [-0.39, 0.29) is 5.75 Å². The van der Waals surface area contributed by atoms with Gasteiger partial charge in [-0.3, -0.25) is 0 Å². The third kappa shape index (κ3) is 4.40. The van der Waals surface area contributed by atoms with Crippen LogP contribution < -0.4 is 9.47 Å². The number of fused-ring (bicyclic) bond motifs is 3. The highest BCUT2D eigenvalue weighted by atomic mass is 16.5. The topological polar surface area (TPSA) is 38.7 Å². The van der Waals surface area contributed by atoms with Gasteiger partial charge in [0.1, 0.15) is 29.6 Å². The van der Waals surface area contributed by atoms with E-state index in [1.165, 1.54) is 22.3 Å². The van der Waals surface area contributed by atoms with Crippen molar-refractivity contribution >= 4 is 0 Å². The van der Waals surface area contributed by atoms with E-state index in [9.17, 15) is 5.11 Å². The molecular weight excluding hydrogens is 516 g/mol. The van der Waals surface area contributed by atoms with Gasteiger partial charge in [0.2, 0.25) is 0 Å². The summed E-state index contributed by atoms with van der Waals surface area (Å²) in [6.07, 6.45) is 0. The van der Waals surface area contributed by atoms with Crippen molar-refractivity contribution in [2.24, 2.45) is 0 Å². The zero-order chi connectivity index (χ0) is 28.5. The van der Waals surface area contributed by atoms with Crippen LogP contribution in [-0.4, -0.2) is 5.11 Å². The molecule has 0 spiro atoms. The number of ether oxygens (including phenoxy) is 2. The van der Waals surface area contributed by atoms with Crippen molar-refractivity contribution in [1.29, 1.82) is 0 Å². The van der Waals surface area contributed by atoms with Gasteiger partial charge in [0.25, 0.3) is 0 Å². The summed E-state index contributed by atoms with van der Waals surface area (Å²) >= 11 is 0. The van der Waals surface area contributed by atoms with Crippen LogP contribution in [0.5, 0.6) is 23.0 Å². The summed E-state index contributed by atoms with van der Waals surface area (Å²) in [7, 11) is 0. The van der Waals surface area contributed by atoms with E-state index in [2.05, 4.69) is 72.8 Å². The van der Waals surface area contributed by atoms with Gasteiger partial charge >= 0.3 is 0 Å². The van der Waals surface area contributed by atoms with Crippen LogP contribution in [0.2, 0.25) is 0 Å². The lowest BCUT2D eigenvalue weighted by Gasteiger charge is -2.34. The first-order valence-electron chi connectivity index (χ1n) is 14.2. The molecule has 0 atom stereocenters. The van der Waals surface area contributed by atoms with Gasteiger partial charge in [-0.25, -0.2) is 0 Å². The fraction of sp³-hybridized carbons (Fsp3) is 0.0769. The van der Waals surface area contributed by atoms with Crippen LogP contribution in [0.15, 0.2) is 146 Å². The first-order valence-corrected chi connectivity index (χ1v) is 14.2. The molecule has 0 unspecified atom stereocenters. The zero-order valence-electron chi connectivity index (χ0n) is 23.3. The summed E-state index contributed by atoms with van der Waals surface area (Å²) in [6.45, 7) is 2.54. The van der Waals surface area contributed by atoms with Crippen LogP contribution in [0.1, 0.15) is 33.4 Å². The highest BCUT2D eigenvalue weighted by molar-refractivity contribution is 5.86. The Morgan fingerprint density at radius 3 is 1.76 bits per heavy atom. The first-order chi connectivity index (χ1) is 20.6. The SMILES string of the molecule is Cc1ccc(Oc2ccc(C3(c4ccc(O)cc4)c4ccccc4-c4ccccc43)cc2)cc1OCc1ccccc1. The maximum atomic E-state index is 10.1. The van der Waals surface area contributed by atoms with Gasteiger partial charge < -0.3 is 14.6 Å². The molecule has 0 fully saturated rings. The average Bonchev–Trinajstić information content (AvgIpc) is 3.34. The standard InChI is InChI=1S/C39H30O3/c1-27-15-22-33(25-38(27)41-26-28-9-3-2-4-10-28)42-32-23-18-30(19-24-32)39(29-16-20-31(40)21-17-29)36-13-7-5-11-34(36)35-12-6-8-14-37(35)39/h2-25,40H,26H2,1H3. The minimum Gasteiger partial charge on any atom is -0.508 e. The summed E-state index contributed by atoms with van der Waals surface area (Å²) in [6, 6.07) is 49.3. The summed E-state index contributed by atoms with van der Waals surface area (Å²) < 4.78 is 12.5. The van der Waals surface area contributed by atoms with E-state index in [1.54, 1.807) is 12.1 Å². The van der Waals surface area contributed by atoms with Crippen molar-refractivity contribution in [3.8, 4) is 34.1 Å². The molecule has 3 heteroatoms. The van der Waals surface area contributed by atoms with Crippen molar-refractivity contribution in [3.05, 3.63) is 179 Å². The van der Waals surface area contributed by atoms with Gasteiger partial charge in [0.15, 0.2) is 0 Å². The molecular formula is C39H30O3. The molecule has 3 nitrogen and oxygen atoms in total. The Morgan fingerprint density at radius 2 is 1.12 bits per heavy atom. The van der Waals surface area contributed by atoms with Crippen LogP contribution in [0.4, 0.5) is 0 Å². The molecule has 0 saturated carbocycles. The second-order valence-electron chi connectivity index (χ2n) is 10.7. The summed E-state index contributed by atoms with van der Waals surface area (Å²) in [5, 5.41) is 10.1. The van der Waals surface area contributed by atoms with Gasteiger partial charge in [0, 0.05) is 6.07 Å². The van der Waals surface area contributed by atoms with Crippen LogP contribution >= 0.6 is 0 Å². The molecule has 1 aliphatic carbocycles. The third-order valence-electron chi connectivity index (χ3n) is 8.17. The van der Waals surface area contributed by atoms with E-state index >= 15 is 0 Å². The Morgan fingerprint density at radius 1 is 0.571 bits per heavy atom. The number of phenolic OH excluding ortho intramolecular Hbond substituents is 1. The second-order valence-corrected chi connectivity index (χ2v) is 10.7. The number of rotatable bonds is 7. The second kappa shape index (κ2) is 10.6. The summed E-state index contributed by atoms with van der Waals surface area (Å²) in [4.78, 5) is 0. The number of phenols is 1. The number of benzene rings is 6. The molecule has 6 aromatic carbocycles. The summed E-state index contributed by atoms with van der Waals surface area (Å²) in [5.41, 5.74) is 8.79. The lowest BCUT2D eigenvalue weighted by atomic mass is 9.68. The van der Waals surface area contributed by atoms with Crippen molar-refractivity contribution in [2.45, 2.75) is 18.9 Å². The highest BCUT2D eigenvalue weighted by Gasteiger charge is 2.45. The molecule has 0 aromatic heterocycles. The first kappa shape index (κ1) is 25.7. The predicted octanol–water partition coefficient (Wildman–Crippen LogP) is 9.44. The third-order valence-corrected chi connectivity index (χ3v) is 8.17. The van der Waals surface area contributed by atoms with Crippen molar-refractivity contribution in [3.63, 3.8) is 0 Å². The Hall–Kier alpha value is -5.28. The molecule has 7 rings (SSSR count). The number of aryl methyl sites for hydroxylation is 1. The van der Waals surface area contributed by atoms with E-state index in [0.717, 1.165) is 39.5 Å². The summed E-state index contributed by atoms with van der Waals surface area (Å²) in [5.74, 6) is 2.53. The van der Waals surface area contributed by atoms with Gasteiger partial charge in [-0.2, -0.15) is 0 Å². The normalized spacial score (nSPS) is 12.8. The van der Waals surface area contributed by atoms with Gasteiger partial charge in [0.05, 0.1) is 5.41 Å². The molecule has 0 saturated heterocycles. The fourth-order valence-electron chi connectivity index (χ4n) is 6.18. The van der Waals surface area contributed by atoms with Gasteiger partial charge in [-0.1, -0.05) is 109 Å². The van der Waals surface area contributed by atoms with Gasteiger partial charge in [-0.15, -0.1) is 0 Å². The molecule has 0 radical (unpaired) electrons. The molecule has 0 aliphatic heterocycles. The Balaban J connectivity index is 1.25. The quantitative estimate of drug-likeness (QED) is 0.216. The molecule has 0 heterocycles. The largest absolute Gasteiger partial charge is 0.508 e. The number of hydrogen-bond donors (Lipinski definition) is 1. The highest BCUT2D eigenvalue weighted by Crippen LogP contribution is 2.56. The minimum absolute atomic E-state index is 0.252. The smallest absolute Gasteiger partial charge is 0.131 e. The van der Waals surface area contributed by atoms with Gasteiger partial charge in [-0.05, 0) is 81.8 Å². The van der Waals surface area contributed by atoms with Crippen LogP contribution in [0.3, 0.4) is 0 Å². The lowest BCUT2D eigenvalue weighted by molar-refractivity contribution is 0.302. The molecule has 42 heavy (non-hydrogen) atoms. The number of hydrogen-bond acceptors (Lipinski definition) is 3. The van der Waals surface area contributed by atoms with E-state index < -0.39 is 5.41 Å². The Kier molecular flexibility index (Phi) is 6.48. The monoisotopic (exact) mass is 546 g/mol. The molecule has 0 bridgehead atoms. The maximum Gasteiger partial charge on any atom is 0.131 e. The minimum atomic E-state index is -0.526. The average molecular weight is 547 g/mol. The number of aromatic hydroxyl groups is 1. The van der Waals surface area contributed by atoms with Crippen molar-refractivity contribution in [2.75, 3.05) is 0 Å². The molecule has 6 aromatic rings. The van der Waals surface area contributed by atoms with Crippen LogP contribution in [-0.2, 0) is 12.0 Å². The van der Waals surface area contributed by atoms with E-state index in [4.69, 9.17) is 9.47 Å². The van der Waals surface area contributed by atoms with Crippen molar-refractivity contribution in [1.82, 2.24) is 0 Å². The van der Waals surface area contributed by atoms with E-state index in [0.29, 0.717) is 6.61 Å². The predicted molar refractivity (Wildman–Crippen MR) is 167 cm³/mol. The van der Waals surface area contributed by atoms with Crippen LogP contribution in [0.25, 0.3) is 11.1 Å². The molecule has 1 N–H and O–H groups in total. The molecule has 0 amide bonds. The molecule has 1 aliphatic rings. The van der Waals surface area contributed by atoms with E-state index in [1.807, 2.05) is 67.6 Å². The Labute approximate surface area is 246 Å². The van der Waals surface area contributed by atoms with Crippen molar-refractivity contribution < 1.29 is 14.6 Å². The molecule has 204 valence electrons. The maximum absolute atomic E-state index is 10.1. The zero-order valence-corrected chi connectivity index (χ0v) is 23.3. The fourth-order valence-corrected chi connectivity index (χ4v) is 6.18. The lowest BCUT2D eigenvalue weighted by Crippen LogP contribution is -2.28.